The maximum Gasteiger partial charge on any atom is 0.168 e. The number of aromatic nitrogens is 2. The highest BCUT2D eigenvalue weighted by Crippen LogP contribution is 2.35. The number of hydrogen-bond acceptors (Lipinski definition) is 4. The van der Waals surface area contributed by atoms with Gasteiger partial charge in [0.25, 0.3) is 0 Å². The number of imidazole rings is 1. The van der Waals surface area contributed by atoms with Crippen molar-refractivity contribution >= 4 is 23.2 Å². The van der Waals surface area contributed by atoms with Gasteiger partial charge in [-0.25, -0.2) is 4.98 Å². The van der Waals surface area contributed by atoms with Gasteiger partial charge in [-0.05, 0) is 73.7 Å². The predicted octanol–water partition coefficient (Wildman–Crippen LogP) is 6.15. The molecule has 1 aromatic heterocycles. The van der Waals surface area contributed by atoms with Gasteiger partial charge in [-0.15, -0.1) is 0 Å². The van der Waals surface area contributed by atoms with E-state index in [0.717, 1.165) is 40.8 Å². The third kappa shape index (κ3) is 4.47. The van der Waals surface area contributed by atoms with Crippen LogP contribution < -0.4 is 4.74 Å². The molecule has 1 heterocycles. The summed E-state index contributed by atoms with van der Waals surface area (Å²) in [5.41, 5.74) is 4.53. The van der Waals surface area contributed by atoms with Crippen LogP contribution in [0.25, 0.3) is 23.2 Å². The Morgan fingerprint density at radius 3 is 2.58 bits per heavy atom. The Morgan fingerprint density at radius 2 is 1.79 bits per heavy atom. The third-order valence-corrected chi connectivity index (χ3v) is 6.13. The van der Waals surface area contributed by atoms with E-state index in [1.807, 2.05) is 66.7 Å². The first kappa shape index (κ1) is 20.8. The van der Waals surface area contributed by atoms with Crippen LogP contribution >= 0.6 is 0 Å². The van der Waals surface area contributed by atoms with Gasteiger partial charge >= 0.3 is 0 Å². The average molecular weight is 436 g/mol. The number of benzene rings is 3. The molecule has 0 aliphatic heterocycles. The molecule has 0 atom stereocenters. The van der Waals surface area contributed by atoms with Gasteiger partial charge in [0, 0.05) is 12.1 Å². The Kier molecular flexibility index (Phi) is 5.82. The zero-order valence-electron chi connectivity index (χ0n) is 18.3. The van der Waals surface area contributed by atoms with Crippen molar-refractivity contribution in [2.24, 2.45) is 0 Å². The fraction of sp³-hybridized carbons (Fsp3) is 0.214. The number of hydrogen-bond donors (Lipinski definition) is 1. The topological polar surface area (TPSA) is 71.1 Å². The molecule has 0 unspecified atom stereocenters. The summed E-state index contributed by atoms with van der Waals surface area (Å²) in [6.07, 6.45) is 8.48. The minimum atomic E-state index is 0.159. The molecular formula is C28H25N3O2. The van der Waals surface area contributed by atoms with Gasteiger partial charge in [0.05, 0.1) is 28.8 Å². The van der Waals surface area contributed by atoms with Crippen molar-refractivity contribution in [3.63, 3.8) is 0 Å². The summed E-state index contributed by atoms with van der Waals surface area (Å²) in [6.45, 7) is 0.636. The van der Waals surface area contributed by atoms with Crippen molar-refractivity contribution < 1.29 is 9.84 Å². The first-order valence-electron chi connectivity index (χ1n) is 11.3. The highest BCUT2D eigenvalue weighted by atomic mass is 16.5. The summed E-state index contributed by atoms with van der Waals surface area (Å²) in [7, 11) is 0. The molecule has 0 spiro atoms. The van der Waals surface area contributed by atoms with E-state index < -0.39 is 0 Å². The number of nitrogens with zero attached hydrogens (tertiary/aromatic N) is 3. The zero-order valence-corrected chi connectivity index (χ0v) is 18.3. The number of rotatable bonds is 6. The molecule has 33 heavy (non-hydrogen) atoms. The lowest BCUT2D eigenvalue weighted by molar-refractivity contribution is 0.201. The second-order valence-electron chi connectivity index (χ2n) is 8.41. The summed E-state index contributed by atoms with van der Waals surface area (Å²) in [4.78, 5) is 4.83. The van der Waals surface area contributed by atoms with Crippen LogP contribution in [0.2, 0.25) is 0 Å². The minimum Gasteiger partial charge on any atom is -0.504 e. The minimum absolute atomic E-state index is 0.159. The molecule has 1 aliphatic rings. The van der Waals surface area contributed by atoms with Gasteiger partial charge in [0.2, 0.25) is 0 Å². The summed E-state index contributed by atoms with van der Waals surface area (Å²) >= 11 is 0. The maximum atomic E-state index is 10.5. The van der Waals surface area contributed by atoms with Crippen molar-refractivity contribution in [1.29, 1.82) is 5.26 Å². The molecule has 5 heteroatoms. The van der Waals surface area contributed by atoms with Crippen LogP contribution in [0, 0.1) is 11.3 Å². The molecular weight excluding hydrogens is 410 g/mol. The van der Waals surface area contributed by atoms with Gasteiger partial charge in [-0.3, -0.25) is 0 Å². The molecule has 0 radical (unpaired) electrons. The first-order chi connectivity index (χ1) is 16.2. The van der Waals surface area contributed by atoms with E-state index in [1.165, 1.54) is 12.8 Å². The Bertz CT molecular complexity index is 1340. The van der Waals surface area contributed by atoms with E-state index in [9.17, 15) is 5.11 Å². The molecule has 5 rings (SSSR count). The normalized spacial score (nSPS) is 14.2. The number of fused-ring (bicyclic) bond motifs is 1. The van der Waals surface area contributed by atoms with E-state index in [1.54, 1.807) is 6.07 Å². The van der Waals surface area contributed by atoms with E-state index in [2.05, 4.69) is 16.7 Å². The van der Waals surface area contributed by atoms with E-state index in [0.29, 0.717) is 17.9 Å². The van der Waals surface area contributed by atoms with Crippen molar-refractivity contribution in [3.05, 3.63) is 89.2 Å². The van der Waals surface area contributed by atoms with Gasteiger partial charge in [0.1, 0.15) is 5.82 Å². The standard InChI is InChI=1S/C28H25N3O2/c29-18-20-12-14-21(15-13-20)19-31-25-10-4-3-9-24(25)30-27(31)17-16-22-6-5-11-26(32)28(22)33-23-7-1-2-8-23/h3-6,9-17,23,32H,1-2,7-8,19H2/b17-16+. The van der Waals surface area contributed by atoms with Crippen LogP contribution in [0.1, 0.15) is 48.2 Å². The fourth-order valence-electron chi connectivity index (χ4n) is 4.39. The largest absolute Gasteiger partial charge is 0.504 e. The molecule has 164 valence electrons. The molecule has 3 aromatic carbocycles. The maximum absolute atomic E-state index is 10.5. The van der Waals surface area contributed by atoms with Gasteiger partial charge in [0.15, 0.2) is 11.5 Å². The molecule has 0 saturated heterocycles. The number of para-hydroxylation sites is 3. The number of aromatic hydroxyl groups is 1. The smallest absolute Gasteiger partial charge is 0.168 e. The Hall–Kier alpha value is -4.04. The second kappa shape index (κ2) is 9.22. The fourth-order valence-corrected chi connectivity index (χ4v) is 4.39. The lowest BCUT2D eigenvalue weighted by Crippen LogP contribution is -2.11. The Labute approximate surface area is 193 Å². The third-order valence-electron chi connectivity index (χ3n) is 6.13. The summed E-state index contributed by atoms with van der Waals surface area (Å²) in [5, 5.41) is 19.5. The highest BCUT2D eigenvalue weighted by Gasteiger charge is 2.19. The van der Waals surface area contributed by atoms with Crippen molar-refractivity contribution in [2.45, 2.75) is 38.3 Å². The second-order valence-corrected chi connectivity index (χ2v) is 8.41. The molecule has 1 saturated carbocycles. The Balaban J connectivity index is 1.50. The van der Waals surface area contributed by atoms with Crippen LogP contribution in [-0.4, -0.2) is 20.8 Å². The summed E-state index contributed by atoms with van der Waals surface area (Å²) in [6, 6.07) is 23.3. The van der Waals surface area contributed by atoms with Crippen LogP contribution in [0.5, 0.6) is 11.5 Å². The Morgan fingerprint density at radius 1 is 1.00 bits per heavy atom. The molecule has 1 aliphatic carbocycles. The SMILES string of the molecule is N#Cc1ccc(Cn2c(/C=C/c3cccc(O)c3OC3CCCC3)nc3ccccc32)cc1. The molecule has 4 aromatic rings. The number of phenols is 1. The number of nitriles is 1. The summed E-state index contributed by atoms with van der Waals surface area (Å²) < 4.78 is 8.34. The van der Waals surface area contributed by atoms with Gasteiger partial charge < -0.3 is 14.4 Å². The lowest BCUT2D eigenvalue weighted by atomic mass is 10.1. The van der Waals surface area contributed by atoms with Crippen LogP contribution in [0.15, 0.2) is 66.7 Å². The van der Waals surface area contributed by atoms with Crippen molar-refractivity contribution in [3.8, 4) is 17.6 Å². The van der Waals surface area contributed by atoms with Crippen molar-refractivity contribution in [1.82, 2.24) is 9.55 Å². The molecule has 5 nitrogen and oxygen atoms in total. The van der Waals surface area contributed by atoms with Crippen LogP contribution in [0.3, 0.4) is 0 Å². The molecule has 1 N–H and O–H groups in total. The number of phenolic OH excluding ortho intramolecular Hbond substituents is 1. The average Bonchev–Trinajstić information content (AvgIpc) is 3.48. The van der Waals surface area contributed by atoms with Crippen molar-refractivity contribution in [2.75, 3.05) is 0 Å². The van der Waals surface area contributed by atoms with Gasteiger partial charge in [-0.2, -0.15) is 5.26 Å². The van der Waals surface area contributed by atoms with Crippen LogP contribution in [-0.2, 0) is 6.54 Å². The molecule has 1 fully saturated rings. The van der Waals surface area contributed by atoms with Crippen LogP contribution in [0.4, 0.5) is 0 Å². The number of ether oxygens (including phenoxy) is 1. The summed E-state index contributed by atoms with van der Waals surface area (Å²) in [5.74, 6) is 1.52. The first-order valence-corrected chi connectivity index (χ1v) is 11.3. The van der Waals surface area contributed by atoms with Gasteiger partial charge in [-0.1, -0.05) is 36.4 Å². The lowest BCUT2D eigenvalue weighted by Gasteiger charge is -2.16. The molecule has 0 amide bonds. The molecule has 0 bridgehead atoms. The monoisotopic (exact) mass is 435 g/mol. The zero-order chi connectivity index (χ0) is 22.6. The highest BCUT2D eigenvalue weighted by molar-refractivity contribution is 5.81. The quantitative estimate of drug-likeness (QED) is 0.394. The predicted molar refractivity (Wildman–Crippen MR) is 130 cm³/mol. The van der Waals surface area contributed by atoms with E-state index in [-0.39, 0.29) is 11.9 Å². The van der Waals surface area contributed by atoms with E-state index >= 15 is 0 Å². The van der Waals surface area contributed by atoms with E-state index in [4.69, 9.17) is 15.0 Å².